The number of carbonyl (C=O) groups excluding carboxylic acids is 2. The van der Waals surface area contributed by atoms with Crippen molar-refractivity contribution >= 4 is 11.8 Å². The molecule has 0 radical (unpaired) electrons. The Labute approximate surface area is 113 Å². The molecule has 0 aromatic heterocycles. The van der Waals surface area contributed by atoms with E-state index in [0.29, 0.717) is 19.8 Å². The molecule has 3 atom stereocenters. The predicted molar refractivity (Wildman–Crippen MR) is 70.6 cm³/mol. The molecule has 6 heteroatoms. The molecule has 3 unspecified atom stereocenters. The average molecular weight is 269 g/mol. The second-order valence-corrected chi connectivity index (χ2v) is 5.23. The Hall–Kier alpha value is -1.14. The lowest BCUT2D eigenvalue weighted by Crippen LogP contribution is -2.59. The average Bonchev–Trinajstić information content (AvgIpc) is 2.46. The fraction of sp³-hybridized carbons (Fsp3) is 0.846. The summed E-state index contributed by atoms with van der Waals surface area (Å²) in [6.07, 6.45) is 1.90. The summed E-state index contributed by atoms with van der Waals surface area (Å²) >= 11 is 0. The third-order valence-electron chi connectivity index (χ3n) is 4.04. The first kappa shape index (κ1) is 14.3. The van der Waals surface area contributed by atoms with Crippen LogP contribution in [0.4, 0.5) is 0 Å². The second kappa shape index (κ2) is 6.34. The van der Waals surface area contributed by atoms with Crippen LogP contribution < -0.4 is 10.6 Å². The van der Waals surface area contributed by atoms with E-state index in [2.05, 4.69) is 10.6 Å². The lowest BCUT2D eigenvalue weighted by Gasteiger charge is -2.39. The van der Waals surface area contributed by atoms with Crippen molar-refractivity contribution in [2.24, 2.45) is 5.92 Å². The summed E-state index contributed by atoms with van der Waals surface area (Å²) in [7, 11) is 1.59. The van der Waals surface area contributed by atoms with Gasteiger partial charge in [0.05, 0.1) is 19.1 Å². The van der Waals surface area contributed by atoms with Crippen LogP contribution in [0.25, 0.3) is 0 Å². The zero-order valence-electron chi connectivity index (χ0n) is 11.6. The van der Waals surface area contributed by atoms with Gasteiger partial charge in [0.15, 0.2) is 0 Å². The van der Waals surface area contributed by atoms with Gasteiger partial charge < -0.3 is 20.3 Å². The van der Waals surface area contributed by atoms with E-state index in [9.17, 15) is 9.59 Å². The Kier molecular flexibility index (Phi) is 4.76. The van der Waals surface area contributed by atoms with E-state index in [-0.39, 0.29) is 23.8 Å². The molecular weight excluding hydrogens is 246 g/mol. The highest BCUT2D eigenvalue weighted by Gasteiger charge is 2.38. The van der Waals surface area contributed by atoms with E-state index in [1.54, 1.807) is 11.9 Å². The van der Waals surface area contributed by atoms with Gasteiger partial charge in [0.1, 0.15) is 6.04 Å². The van der Waals surface area contributed by atoms with Gasteiger partial charge in [-0.2, -0.15) is 0 Å². The zero-order chi connectivity index (χ0) is 13.8. The van der Waals surface area contributed by atoms with Crippen LogP contribution in [0.1, 0.15) is 19.8 Å². The minimum Gasteiger partial charge on any atom is -0.377 e. The maximum absolute atomic E-state index is 12.6. The van der Waals surface area contributed by atoms with Crippen molar-refractivity contribution in [3.8, 4) is 0 Å². The fourth-order valence-electron chi connectivity index (χ4n) is 2.85. The van der Waals surface area contributed by atoms with Gasteiger partial charge in [-0.1, -0.05) is 0 Å². The summed E-state index contributed by atoms with van der Waals surface area (Å²) in [6, 6.07) is -0.310. The van der Waals surface area contributed by atoms with Gasteiger partial charge in [-0.05, 0) is 26.3 Å². The number of morpholine rings is 1. The van der Waals surface area contributed by atoms with Crippen molar-refractivity contribution in [3.05, 3.63) is 0 Å². The van der Waals surface area contributed by atoms with E-state index in [1.807, 2.05) is 6.92 Å². The summed E-state index contributed by atoms with van der Waals surface area (Å²) in [5, 5.41) is 5.94. The van der Waals surface area contributed by atoms with Gasteiger partial charge in [-0.25, -0.2) is 0 Å². The minimum atomic E-state index is -0.486. The van der Waals surface area contributed by atoms with E-state index in [1.165, 1.54) is 0 Å². The van der Waals surface area contributed by atoms with Crippen molar-refractivity contribution < 1.29 is 14.3 Å². The molecule has 6 nitrogen and oxygen atoms in total. The molecule has 108 valence electrons. The third-order valence-corrected chi connectivity index (χ3v) is 4.04. The van der Waals surface area contributed by atoms with Gasteiger partial charge in [-0.3, -0.25) is 9.59 Å². The van der Waals surface area contributed by atoms with Crippen LogP contribution in [-0.2, 0) is 14.3 Å². The van der Waals surface area contributed by atoms with Gasteiger partial charge in [0.2, 0.25) is 11.8 Å². The molecule has 0 aliphatic carbocycles. The fourth-order valence-corrected chi connectivity index (χ4v) is 2.85. The number of amides is 2. The highest BCUT2D eigenvalue weighted by Crippen LogP contribution is 2.21. The largest absolute Gasteiger partial charge is 0.377 e. The molecule has 19 heavy (non-hydrogen) atoms. The summed E-state index contributed by atoms with van der Waals surface area (Å²) in [4.78, 5) is 26.2. The first-order valence-electron chi connectivity index (χ1n) is 6.98. The molecule has 0 aromatic rings. The van der Waals surface area contributed by atoms with Crippen LogP contribution in [0.2, 0.25) is 0 Å². The number of rotatable bonds is 2. The molecule has 2 N–H and O–H groups in total. The first-order chi connectivity index (χ1) is 9.15. The van der Waals surface area contributed by atoms with E-state index in [0.717, 1.165) is 19.4 Å². The molecule has 2 rings (SSSR count). The predicted octanol–water partition coefficient (Wildman–Crippen LogP) is -0.652. The molecule has 2 saturated heterocycles. The normalized spacial score (nSPS) is 31.9. The van der Waals surface area contributed by atoms with Gasteiger partial charge in [0, 0.05) is 19.6 Å². The summed E-state index contributed by atoms with van der Waals surface area (Å²) in [6.45, 7) is 4.30. The summed E-state index contributed by atoms with van der Waals surface area (Å²) < 4.78 is 5.33. The van der Waals surface area contributed by atoms with E-state index in [4.69, 9.17) is 4.74 Å². The number of ether oxygens (including phenoxy) is 1. The third kappa shape index (κ3) is 3.06. The molecule has 2 heterocycles. The van der Waals surface area contributed by atoms with Crippen LogP contribution in [0.5, 0.6) is 0 Å². The highest BCUT2D eigenvalue weighted by atomic mass is 16.5. The number of hydrogen-bond donors (Lipinski definition) is 2. The lowest BCUT2D eigenvalue weighted by molar-refractivity contribution is -0.152. The Balaban J connectivity index is 2.08. The Bertz CT molecular complexity index is 348. The maximum atomic E-state index is 12.6. The number of piperidine rings is 1. The Morgan fingerprint density at radius 3 is 2.89 bits per heavy atom. The van der Waals surface area contributed by atoms with Crippen LogP contribution >= 0.6 is 0 Å². The van der Waals surface area contributed by atoms with Crippen molar-refractivity contribution in [3.63, 3.8) is 0 Å². The molecule has 2 amide bonds. The minimum absolute atomic E-state index is 0.0287. The molecular formula is C13H23N3O3. The molecule has 0 saturated carbocycles. The SMILES string of the molecule is CNC(=O)C1COCCN1C(=O)C1CCCNC1C. The number of hydrogen-bond acceptors (Lipinski definition) is 4. The Morgan fingerprint density at radius 1 is 1.42 bits per heavy atom. The monoisotopic (exact) mass is 269 g/mol. The first-order valence-corrected chi connectivity index (χ1v) is 6.98. The molecule has 2 aliphatic rings. The molecule has 2 fully saturated rings. The quantitative estimate of drug-likeness (QED) is 0.699. The van der Waals surface area contributed by atoms with Gasteiger partial charge in [-0.15, -0.1) is 0 Å². The van der Waals surface area contributed by atoms with Crippen molar-refractivity contribution in [1.29, 1.82) is 0 Å². The smallest absolute Gasteiger partial charge is 0.244 e. The standard InChI is InChI=1S/C13H23N3O3/c1-9-10(4-3-5-15-9)13(18)16-6-7-19-8-11(16)12(17)14-2/h9-11,15H,3-8H2,1-2H3,(H,14,17). The van der Waals surface area contributed by atoms with Crippen molar-refractivity contribution in [2.75, 3.05) is 33.4 Å². The van der Waals surface area contributed by atoms with Crippen LogP contribution in [0, 0.1) is 5.92 Å². The van der Waals surface area contributed by atoms with Crippen LogP contribution in [-0.4, -0.2) is 62.1 Å². The van der Waals surface area contributed by atoms with Gasteiger partial charge in [0.25, 0.3) is 0 Å². The van der Waals surface area contributed by atoms with Crippen LogP contribution in [0.15, 0.2) is 0 Å². The molecule has 0 spiro atoms. The summed E-state index contributed by atoms with van der Waals surface area (Å²) in [5.74, 6) is -0.0972. The molecule has 2 aliphatic heterocycles. The van der Waals surface area contributed by atoms with Crippen molar-refractivity contribution in [1.82, 2.24) is 15.5 Å². The maximum Gasteiger partial charge on any atom is 0.244 e. The second-order valence-electron chi connectivity index (χ2n) is 5.23. The number of carbonyl (C=O) groups is 2. The topological polar surface area (TPSA) is 70.7 Å². The molecule has 0 bridgehead atoms. The van der Waals surface area contributed by atoms with Crippen molar-refractivity contribution in [2.45, 2.75) is 31.8 Å². The lowest BCUT2D eigenvalue weighted by atomic mass is 9.90. The number of likely N-dealkylation sites (N-methyl/N-ethyl adjacent to an activating group) is 1. The number of nitrogens with zero attached hydrogens (tertiary/aromatic N) is 1. The highest BCUT2D eigenvalue weighted by molar-refractivity contribution is 5.89. The van der Waals surface area contributed by atoms with E-state index < -0.39 is 6.04 Å². The van der Waals surface area contributed by atoms with Crippen LogP contribution in [0.3, 0.4) is 0 Å². The number of nitrogens with one attached hydrogen (secondary N) is 2. The summed E-state index contributed by atoms with van der Waals surface area (Å²) in [5.41, 5.74) is 0. The van der Waals surface area contributed by atoms with Gasteiger partial charge >= 0.3 is 0 Å². The zero-order valence-corrected chi connectivity index (χ0v) is 11.6. The Morgan fingerprint density at radius 2 is 2.21 bits per heavy atom. The molecule has 0 aromatic carbocycles. The van der Waals surface area contributed by atoms with E-state index >= 15 is 0 Å².